The Balaban J connectivity index is 2.07. The lowest BCUT2D eigenvalue weighted by Crippen LogP contribution is -2.51. The molecule has 1 aromatic carbocycles. The van der Waals surface area contributed by atoms with E-state index < -0.39 is 9.90 Å². The molecule has 1 aliphatic rings. The van der Waals surface area contributed by atoms with Crippen LogP contribution in [0.2, 0.25) is 0 Å². The lowest BCUT2D eigenvalue weighted by Gasteiger charge is -2.44. The van der Waals surface area contributed by atoms with Gasteiger partial charge in [0.05, 0.1) is 5.38 Å². The average molecular weight is 286 g/mol. The highest BCUT2D eigenvalue weighted by molar-refractivity contribution is 6.68. The number of rotatable bonds is 1. The fourth-order valence-corrected chi connectivity index (χ4v) is 2.75. The van der Waals surface area contributed by atoms with Crippen LogP contribution in [0.25, 0.3) is 0 Å². The van der Waals surface area contributed by atoms with E-state index in [1.165, 1.54) is 0 Å². The number of ether oxygens (including phenoxy) is 1. The summed E-state index contributed by atoms with van der Waals surface area (Å²) >= 11 is 23.2. The van der Waals surface area contributed by atoms with E-state index in [1.54, 1.807) is 0 Å². The standard InChI is InChI=1S/C10H8Cl4O/c11-7-8(6-4-2-1-3-5-6)15-9(7)10(12,13)14/h1-5,7-9H/t7-,8-,9+/m0/s1. The fraction of sp³-hybridized carbons (Fsp3) is 0.400. The zero-order valence-electron chi connectivity index (χ0n) is 7.54. The molecule has 0 amide bonds. The molecule has 0 saturated carbocycles. The van der Waals surface area contributed by atoms with Crippen LogP contribution in [0, 0.1) is 0 Å². The minimum atomic E-state index is -1.46. The van der Waals surface area contributed by atoms with Gasteiger partial charge in [0, 0.05) is 0 Å². The molecular formula is C10H8Cl4O. The van der Waals surface area contributed by atoms with Gasteiger partial charge in [0.15, 0.2) is 0 Å². The van der Waals surface area contributed by atoms with Crippen LogP contribution >= 0.6 is 46.4 Å². The summed E-state index contributed by atoms with van der Waals surface area (Å²) in [5.74, 6) is 0. The van der Waals surface area contributed by atoms with Crippen molar-refractivity contribution in [3.63, 3.8) is 0 Å². The highest BCUT2D eigenvalue weighted by Gasteiger charge is 2.52. The van der Waals surface area contributed by atoms with Crippen molar-refractivity contribution in [1.82, 2.24) is 0 Å². The Hall–Kier alpha value is 0.340. The number of hydrogen-bond donors (Lipinski definition) is 0. The number of halogens is 4. The second-order valence-corrected chi connectivity index (χ2v) is 6.25. The molecule has 0 radical (unpaired) electrons. The number of benzene rings is 1. The van der Waals surface area contributed by atoms with Gasteiger partial charge < -0.3 is 4.74 Å². The van der Waals surface area contributed by atoms with Crippen LogP contribution in [0.15, 0.2) is 30.3 Å². The molecule has 3 atom stereocenters. The quantitative estimate of drug-likeness (QED) is 0.706. The third-order valence-corrected chi connectivity index (χ3v) is 3.43. The maximum absolute atomic E-state index is 6.12. The molecular weight excluding hydrogens is 278 g/mol. The normalized spacial score (nSPS) is 31.1. The van der Waals surface area contributed by atoms with Gasteiger partial charge in [0.2, 0.25) is 3.79 Å². The Morgan fingerprint density at radius 2 is 1.67 bits per heavy atom. The third-order valence-electron chi connectivity index (χ3n) is 2.32. The van der Waals surface area contributed by atoms with Crippen LogP contribution in [0.4, 0.5) is 0 Å². The minimum absolute atomic E-state index is 0.187. The Morgan fingerprint density at radius 3 is 2.13 bits per heavy atom. The van der Waals surface area contributed by atoms with Crippen molar-refractivity contribution in [2.75, 3.05) is 0 Å². The molecule has 1 aliphatic heterocycles. The molecule has 1 nitrogen and oxygen atoms in total. The lowest BCUT2D eigenvalue weighted by atomic mass is 9.98. The molecule has 0 unspecified atom stereocenters. The first-order valence-corrected chi connectivity index (χ1v) is 5.98. The fourth-order valence-electron chi connectivity index (χ4n) is 1.54. The summed E-state index contributed by atoms with van der Waals surface area (Å²) in [7, 11) is 0. The van der Waals surface area contributed by atoms with Crippen molar-refractivity contribution in [3.8, 4) is 0 Å². The second-order valence-electron chi connectivity index (χ2n) is 3.37. The molecule has 0 spiro atoms. The summed E-state index contributed by atoms with van der Waals surface area (Å²) in [4.78, 5) is 0. The predicted molar refractivity (Wildman–Crippen MR) is 64.0 cm³/mol. The Bertz CT molecular complexity index is 335. The maximum Gasteiger partial charge on any atom is 0.217 e. The number of alkyl halides is 4. The van der Waals surface area contributed by atoms with E-state index in [1.807, 2.05) is 30.3 Å². The molecule has 82 valence electrons. The first kappa shape index (κ1) is 11.8. The van der Waals surface area contributed by atoms with Crippen molar-refractivity contribution in [2.45, 2.75) is 21.4 Å². The summed E-state index contributed by atoms with van der Waals surface area (Å²) in [6, 6.07) is 9.65. The average Bonchev–Trinajstić information content (AvgIpc) is 2.15. The van der Waals surface area contributed by atoms with E-state index in [2.05, 4.69) is 0 Å². The third kappa shape index (κ3) is 2.37. The zero-order chi connectivity index (χ0) is 11.1. The van der Waals surface area contributed by atoms with Crippen LogP contribution in [0.5, 0.6) is 0 Å². The van der Waals surface area contributed by atoms with E-state index in [4.69, 9.17) is 51.1 Å². The zero-order valence-corrected chi connectivity index (χ0v) is 10.6. The van der Waals surface area contributed by atoms with Gasteiger partial charge in [-0.15, -0.1) is 11.6 Å². The van der Waals surface area contributed by atoms with E-state index >= 15 is 0 Å². The predicted octanol–water partition coefficient (Wildman–Crippen LogP) is 4.10. The Labute approximate surface area is 108 Å². The smallest absolute Gasteiger partial charge is 0.217 e. The highest BCUT2D eigenvalue weighted by atomic mass is 35.6. The Kier molecular flexibility index (Phi) is 3.39. The molecule has 1 aromatic rings. The maximum atomic E-state index is 6.12. The van der Waals surface area contributed by atoms with E-state index in [0.29, 0.717) is 0 Å². The second kappa shape index (κ2) is 4.31. The van der Waals surface area contributed by atoms with Crippen molar-refractivity contribution in [2.24, 2.45) is 0 Å². The van der Waals surface area contributed by atoms with Crippen molar-refractivity contribution >= 4 is 46.4 Å². The van der Waals surface area contributed by atoms with Crippen LogP contribution in [-0.2, 0) is 4.74 Å². The van der Waals surface area contributed by atoms with Gasteiger partial charge in [-0.2, -0.15) is 0 Å². The Morgan fingerprint density at radius 1 is 1.07 bits per heavy atom. The van der Waals surface area contributed by atoms with Gasteiger partial charge >= 0.3 is 0 Å². The molecule has 0 aliphatic carbocycles. The summed E-state index contributed by atoms with van der Waals surface area (Å²) in [6.07, 6.45) is -0.733. The van der Waals surface area contributed by atoms with Crippen LogP contribution in [0.1, 0.15) is 11.7 Å². The summed E-state index contributed by atoms with van der Waals surface area (Å²) < 4.78 is 4.01. The first-order chi connectivity index (χ1) is 7.00. The first-order valence-electron chi connectivity index (χ1n) is 4.41. The molecule has 0 aromatic heterocycles. The van der Waals surface area contributed by atoms with Gasteiger partial charge in [-0.25, -0.2) is 0 Å². The van der Waals surface area contributed by atoms with Crippen molar-refractivity contribution < 1.29 is 4.74 Å². The van der Waals surface area contributed by atoms with Gasteiger partial charge in [-0.3, -0.25) is 0 Å². The van der Waals surface area contributed by atoms with Crippen LogP contribution in [0.3, 0.4) is 0 Å². The lowest BCUT2D eigenvalue weighted by molar-refractivity contribution is -0.118. The summed E-state index contributed by atoms with van der Waals surface area (Å²) in [5.41, 5.74) is 1.00. The monoisotopic (exact) mass is 284 g/mol. The molecule has 0 bridgehead atoms. The van der Waals surface area contributed by atoms with Gasteiger partial charge in [-0.05, 0) is 5.56 Å². The molecule has 5 heteroatoms. The van der Waals surface area contributed by atoms with Crippen molar-refractivity contribution in [3.05, 3.63) is 35.9 Å². The molecule has 2 rings (SSSR count). The molecule has 15 heavy (non-hydrogen) atoms. The van der Waals surface area contributed by atoms with Crippen molar-refractivity contribution in [1.29, 1.82) is 0 Å². The number of hydrogen-bond acceptors (Lipinski definition) is 1. The van der Waals surface area contributed by atoms with Crippen LogP contribution < -0.4 is 0 Å². The minimum Gasteiger partial charge on any atom is -0.363 e. The molecule has 0 N–H and O–H groups in total. The molecule has 1 fully saturated rings. The molecule has 1 saturated heterocycles. The van der Waals surface area contributed by atoms with Gasteiger partial charge in [0.1, 0.15) is 12.2 Å². The van der Waals surface area contributed by atoms with Crippen LogP contribution in [-0.4, -0.2) is 15.3 Å². The molecule has 1 heterocycles. The van der Waals surface area contributed by atoms with E-state index in [-0.39, 0.29) is 11.5 Å². The largest absolute Gasteiger partial charge is 0.363 e. The van der Waals surface area contributed by atoms with E-state index in [9.17, 15) is 0 Å². The SMILES string of the molecule is Cl[C@@H]1[C@H](C(Cl)(Cl)Cl)O[C@H]1c1ccccc1. The van der Waals surface area contributed by atoms with Gasteiger partial charge in [0.25, 0.3) is 0 Å². The summed E-state index contributed by atoms with van der Waals surface area (Å²) in [6.45, 7) is 0. The van der Waals surface area contributed by atoms with E-state index in [0.717, 1.165) is 5.56 Å². The highest BCUT2D eigenvalue weighted by Crippen LogP contribution is 2.49. The van der Waals surface area contributed by atoms with Gasteiger partial charge in [-0.1, -0.05) is 65.1 Å². The topological polar surface area (TPSA) is 9.23 Å². The summed E-state index contributed by atoms with van der Waals surface area (Å²) in [5, 5.41) is -0.306.